The number of likely N-dealkylation sites (tertiary alicyclic amines) is 1. The van der Waals surface area contributed by atoms with Gasteiger partial charge in [-0.05, 0) is 18.5 Å². The largest absolute Gasteiger partial charge is 0.383 e. The summed E-state index contributed by atoms with van der Waals surface area (Å²) in [5.74, 6) is 1.44. The van der Waals surface area contributed by atoms with Crippen molar-refractivity contribution in [1.82, 2.24) is 20.2 Å². The first-order chi connectivity index (χ1) is 12.3. The molecule has 134 valence electrons. The zero-order chi connectivity index (χ0) is 17.2. The molecule has 2 aromatic rings. The number of carbonyl (C=O) groups is 1. The number of aromatic nitrogens is 2. The van der Waals surface area contributed by atoms with Gasteiger partial charge in [0.05, 0.1) is 12.0 Å². The molecule has 2 aromatic heterocycles. The fourth-order valence-electron chi connectivity index (χ4n) is 3.64. The number of fused-ring (bicyclic) bond motifs is 3. The number of nitrogens with zero attached hydrogens (tertiary/aromatic N) is 3. The Morgan fingerprint density at radius 1 is 1.48 bits per heavy atom. The minimum Gasteiger partial charge on any atom is -0.383 e. The monoisotopic (exact) mass is 361 g/mol. The number of amides is 1. The molecule has 0 bridgehead atoms. The lowest BCUT2D eigenvalue weighted by molar-refractivity contribution is -0.128. The van der Waals surface area contributed by atoms with Crippen molar-refractivity contribution >= 4 is 33.3 Å². The van der Waals surface area contributed by atoms with Gasteiger partial charge in [-0.3, -0.25) is 4.79 Å². The molecule has 1 amide bonds. The van der Waals surface area contributed by atoms with Crippen LogP contribution in [0, 0.1) is 5.92 Å². The molecule has 0 radical (unpaired) electrons. The minimum atomic E-state index is 0.218. The highest BCUT2D eigenvalue weighted by molar-refractivity contribution is 7.18. The van der Waals surface area contributed by atoms with Crippen molar-refractivity contribution in [1.29, 1.82) is 0 Å². The normalized spacial score (nSPS) is 20.3. The summed E-state index contributed by atoms with van der Waals surface area (Å²) in [7, 11) is 1.66. The predicted molar refractivity (Wildman–Crippen MR) is 97.9 cm³/mol. The number of hydrogen-bond acceptors (Lipinski definition) is 7. The van der Waals surface area contributed by atoms with E-state index >= 15 is 0 Å². The van der Waals surface area contributed by atoms with E-state index in [4.69, 9.17) is 4.74 Å². The molecule has 8 heteroatoms. The van der Waals surface area contributed by atoms with Crippen molar-refractivity contribution in [3.05, 3.63) is 16.8 Å². The van der Waals surface area contributed by atoms with Gasteiger partial charge in [0.1, 0.15) is 17.0 Å². The molecular weight excluding hydrogens is 338 g/mol. The lowest BCUT2D eigenvalue weighted by Gasteiger charge is -2.17. The maximum absolute atomic E-state index is 12.1. The van der Waals surface area contributed by atoms with Crippen molar-refractivity contribution in [2.75, 3.05) is 45.2 Å². The third kappa shape index (κ3) is 3.33. The van der Waals surface area contributed by atoms with Crippen molar-refractivity contribution in [3.8, 4) is 0 Å². The predicted octanol–water partition coefficient (Wildman–Crippen LogP) is 1.24. The average Bonchev–Trinajstić information content (AvgIpc) is 3.18. The number of hydrogen-bond donors (Lipinski definition) is 2. The van der Waals surface area contributed by atoms with Gasteiger partial charge in [-0.15, -0.1) is 11.3 Å². The molecule has 2 N–H and O–H groups in total. The topological polar surface area (TPSA) is 79.4 Å². The zero-order valence-corrected chi connectivity index (χ0v) is 15.2. The Bertz CT molecular complexity index is 778. The van der Waals surface area contributed by atoms with E-state index in [0.29, 0.717) is 25.5 Å². The van der Waals surface area contributed by atoms with Crippen LogP contribution in [0.2, 0.25) is 0 Å². The molecule has 2 aliphatic heterocycles. The van der Waals surface area contributed by atoms with Crippen LogP contribution in [0.5, 0.6) is 0 Å². The van der Waals surface area contributed by atoms with Gasteiger partial charge in [0.15, 0.2) is 0 Å². The first kappa shape index (κ1) is 16.7. The lowest BCUT2D eigenvalue weighted by Crippen LogP contribution is -2.29. The van der Waals surface area contributed by atoms with E-state index in [1.807, 2.05) is 4.90 Å². The highest BCUT2D eigenvalue weighted by Crippen LogP contribution is 2.35. The van der Waals surface area contributed by atoms with E-state index < -0.39 is 0 Å². The number of thiophene rings is 1. The smallest absolute Gasteiger partial charge is 0.223 e. The highest BCUT2D eigenvalue weighted by Gasteiger charge is 2.29. The van der Waals surface area contributed by atoms with E-state index in [9.17, 15) is 4.79 Å². The van der Waals surface area contributed by atoms with Gasteiger partial charge in [-0.25, -0.2) is 9.97 Å². The van der Waals surface area contributed by atoms with E-state index in [0.717, 1.165) is 43.2 Å². The summed E-state index contributed by atoms with van der Waals surface area (Å²) in [4.78, 5) is 25.3. The first-order valence-corrected chi connectivity index (χ1v) is 9.54. The van der Waals surface area contributed by atoms with Gasteiger partial charge in [0.25, 0.3) is 0 Å². The van der Waals surface area contributed by atoms with E-state index in [-0.39, 0.29) is 5.91 Å². The maximum atomic E-state index is 12.1. The van der Waals surface area contributed by atoms with Crippen LogP contribution in [0.15, 0.2) is 6.33 Å². The summed E-state index contributed by atoms with van der Waals surface area (Å²) in [5, 5.41) is 8.07. The van der Waals surface area contributed by atoms with Gasteiger partial charge in [-0.2, -0.15) is 0 Å². The molecule has 0 spiro atoms. The molecule has 0 saturated carbocycles. The summed E-state index contributed by atoms with van der Waals surface area (Å²) in [5.41, 5.74) is 1.38. The number of methoxy groups -OCH3 is 1. The van der Waals surface area contributed by atoms with Crippen LogP contribution in [0.4, 0.5) is 5.82 Å². The molecule has 1 unspecified atom stereocenters. The highest BCUT2D eigenvalue weighted by atomic mass is 32.1. The Morgan fingerprint density at radius 2 is 2.40 bits per heavy atom. The number of rotatable bonds is 6. The number of anilines is 1. The third-order valence-electron chi connectivity index (χ3n) is 4.93. The van der Waals surface area contributed by atoms with Crippen molar-refractivity contribution in [2.45, 2.75) is 19.4 Å². The molecule has 0 aliphatic carbocycles. The Hall–Kier alpha value is -1.77. The van der Waals surface area contributed by atoms with Crippen LogP contribution in [-0.4, -0.2) is 60.7 Å². The number of carbonyl (C=O) groups excluding carboxylic acids is 1. The van der Waals surface area contributed by atoms with Crippen molar-refractivity contribution in [2.24, 2.45) is 5.92 Å². The van der Waals surface area contributed by atoms with E-state index in [2.05, 4.69) is 20.6 Å². The SMILES string of the molecule is COCCN1CC(CNc2ncnc3sc4c(c23)CCNC4)CC1=O. The van der Waals surface area contributed by atoms with Crippen LogP contribution in [0.25, 0.3) is 10.2 Å². The molecule has 1 saturated heterocycles. The molecule has 1 fully saturated rings. The Morgan fingerprint density at radius 3 is 3.28 bits per heavy atom. The fraction of sp³-hybridized carbons (Fsp3) is 0.588. The second-order valence-corrected chi connectivity index (χ2v) is 7.70. The second-order valence-electron chi connectivity index (χ2n) is 6.62. The first-order valence-electron chi connectivity index (χ1n) is 8.73. The second kappa shape index (κ2) is 7.23. The fourth-order valence-corrected chi connectivity index (χ4v) is 4.80. The molecule has 2 aliphatic rings. The minimum absolute atomic E-state index is 0.218. The Balaban J connectivity index is 1.47. The molecule has 4 heterocycles. The van der Waals surface area contributed by atoms with Crippen LogP contribution < -0.4 is 10.6 Å². The van der Waals surface area contributed by atoms with Crippen LogP contribution in [-0.2, 0) is 22.5 Å². The average molecular weight is 361 g/mol. The summed E-state index contributed by atoms with van der Waals surface area (Å²) in [6.07, 6.45) is 3.24. The standard InChI is InChI=1S/C17H23N5O2S/c1-24-5-4-22-9-11(6-14(22)23)7-19-16-15-12-2-3-18-8-13(12)25-17(15)21-10-20-16/h10-11,18H,2-9H2,1H3,(H,19,20,21). The Kier molecular flexibility index (Phi) is 4.82. The summed E-state index contributed by atoms with van der Waals surface area (Å²) in [6.45, 7) is 4.72. The van der Waals surface area contributed by atoms with E-state index in [1.54, 1.807) is 24.8 Å². The third-order valence-corrected chi connectivity index (χ3v) is 6.07. The summed E-state index contributed by atoms with van der Waals surface area (Å²) < 4.78 is 5.08. The zero-order valence-electron chi connectivity index (χ0n) is 14.4. The van der Waals surface area contributed by atoms with Gasteiger partial charge in [0.2, 0.25) is 5.91 Å². The van der Waals surface area contributed by atoms with Crippen LogP contribution >= 0.6 is 11.3 Å². The number of nitrogens with one attached hydrogen (secondary N) is 2. The summed E-state index contributed by atoms with van der Waals surface area (Å²) in [6, 6.07) is 0. The van der Waals surface area contributed by atoms with Gasteiger partial charge >= 0.3 is 0 Å². The quantitative estimate of drug-likeness (QED) is 0.806. The molecule has 4 rings (SSSR count). The Labute approximate surface area is 150 Å². The molecule has 25 heavy (non-hydrogen) atoms. The molecule has 1 atom stereocenters. The van der Waals surface area contributed by atoms with Gasteiger partial charge < -0.3 is 20.3 Å². The summed E-state index contributed by atoms with van der Waals surface area (Å²) >= 11 is 1.75. The van der Waals surface area contributed by atoms with Crippen molar-refractivity contribution < 1.29 is 9.53 Å². The van der Waals surface area contributed by atoms with Crippen molar-refractivity contribution in [3.63, 3.8) is 0 Å². The van der Waals surface area contributed by atoms with Gasteiger partial charge in [0, 0.05) is 50.5 Å². The molecule has 0 aromatic carbocycles. The van der Waals surface area contributed by atoms with E-state index in [1.165, 1.54) is 15.8 Å². The van der Waals surface area contributed by atoms with Crippen LogP contribution in [0.1, 0.15) is 16.9 Å². The van der Waals surface area contributed by atoms with Gasteiger partial charge in [-0.1, -0.05) is 0 Å². The molecular formula is C17H23N5O2S. The van der Waals surface area contributed by atoms with Crippen LogP contribution in [0.3, 0.4) is 0 Å². The number of ether oxygens (including phenoxy) is 1. The molecule has 7 nitrogen and oxygen atoms in total. The maximum Gasteiger partial charge on any atom is 0.223 e. The lowest BCUT2D eigenvalue weighted by atomic mass is 10.1.